The van der Waals surface area contributed by atoms with Crippen molar-refractivity contribution < 1.29 is 18.7 Å². The molecular formula is C14H19FN2O3. The average Bonchev–Trinajstić information content (AvgIpc) is 2.39. The van der Waals surface area contributed by atoms with E-state index in [1.807, 2.05) is 0 Å². The van der Waals surface area contributed by atoms with Crippen LogP contribution in [0.15, 0.2) is 24.3 Å². The van der Waals surface area contributed by atoms with Gasteiger partial charge in [0.25, 0.3) is 0 Å². The van der Waals surface area contributed by atoms with Crippen molar-refractivity contribution in [3.63, 3.8) is 0 Å². The molecule has 0 unspecified atom stereocenters. The van der Waals surface area contributed by atoms with E-state index in [0.29, 0.717) is 18.8 Å². The number of anilines is 1. The van der Waals surface area contributed by atoms with Crippen molar-refractivity contribution in [2.75, 3.05) is 32.1 Å². The van der Waals surface area contributed by atoms with E-state index in [1.54, 1.807) is 18.9 Å². The predicted molar refractivity (Wildman–Crippen MR) is 73.8 cm³/mol. The number of esters is 1. The van der Waals surface area contributed by atoms with Crippen LogP contribution < -0.4 is 5.32 Å². The Labute approximate surface area is 117 Å². The van der Waals surface area contributed by atoms with Crippen molar-refractivity contribution in [2.24, 2.45) is 0 Å². The first kappa shape index (κ1) is 16.1. The highest BCUT2D eigenvalue weighted by atomic mass is 19.1. The fourth-order valence-corrected chi connectivity index (χ4v) is 1.57. The van der Waals surface area contributed by atoms with Crippen LogP contribution in [0, 0.1) is 5.82 Å². The standard InChI is InChI=1S/C14H19FN2O3/c1-3-20-14(19)8-9-17(2)10-13(18)16-12-6-4-11(15)5-7-12/h4-7H,3,8-10H2,1-2H3,(H,16,18). The monoisotopic (exact) mass is 282 g/mol. The number of ether oxygens (including phenoxy) is 1. The molecule has 110 valence electrons. The van der Waals surface area contributed by atoms with E-state index in [2.05, 4.69) is 5.32 Å². The maximum absolute atomic E-state index is 12.7. The first-order valence-corrected chi connectivity index (χ1v) is 6.41. The molecule has 0 heterocycles. The van der Waals surface area contributed by atoms with Crippen LogP contribution in [0.5, 0.6) is 0 Å². The molecule has 0 aliphatic carbocycles. The minimum Gasteiger partial charge on any atom is -0.466 e. The number of halogens is 1. The lowest BCUT2D eigenvalue weighted by Gasteiger charge is -2.15. The van der Waals surface area contributed by atoms with Crippen LogP contribution in [0.1, 0.15) is 13.3 Å². The van der Waals surface area contributed by atoms with Crippen LogP contribution >= 0.6 is 0 Å². The molecule has 0 bridgehead atoms. The van der Waals surface area contributed by atoms with Crippen molar-refractivity contribution in [2.45, 2.75) is 13.3 Å². The van der Waals surface area contributed by atoms with E-state index in [-0.39, 0.29) is 30.7 Å². The summed E-state index contributed by atoms with van der Waals surface area (Å²) in [5.41, 5.74) is 0.537. The van der Waals surface area contributed by atoms with Gasteiger partial charge in [-0.1, -0.05) is 0 Å². The van der Waals surface area contributed by atoms with E-state index in [9.17, 15) is 14.0 Å². The summed E-state index contributed by atoms with van der Waals surface area (Å²) in [5, 5.41) is 2.65. The van der Waals surface area contributed by atoms with Gasteiger partial charge < -0.3 is 10.1 Å². The number of likely N-dealkylation sites (N-methyl/N-ethyl adjacent to an activating group) is 1. The highest BCUT2D eigenvalue weighted by Crippen LogP contribution is 2.08. The van der Waals surface area contributed by atoms with Crippen molar-refractivity contribution in [1.82, 2.24) is 4.90 Å². The zero-order valence-corrected chi connectivity index (χ0v) is 11.7. The van der Waals surface area contributed by atoms with Gasteiger partial charge in [-0.2, -0.15) is 0 Å². The number of amides is 1. The normalized spacial score (nSPS) is 10.4. The number of nitrogens with one attached hydrogen (secondary N) is 1. The Morgan fingerprint density at radius 1 is 1.30 bits per heavy atom. The third kappa shape index (κ3) is 6.29. The van der Waals surface area contributed by atoms with E-state index >= 15 is 0 Å². The van der Waals surface area contributed by atoms with Crippen LogP contribution in [0.3, 0.4) is 0 Å². The highest BCUT2D eigenvalue weighted by molar-refractivity contribution is 5.92. The summed E-state index contributed by atoms with van der Waals surface area (Å²) in [4.78, 5) is 24.6. The number of nitrogens with zero attached hydrogens (tertiary/aromatic N) is 1. The molecule has 0 aliphatic heterocycles. The molecule has 0 saturated carbocycles. The lowest BCUT2D eigenvalue weighted by atomic mass is 10.3. The summed E-state index contributed by atoms with van der Waals surface area (Å²) < 4.78 is 17.5. The molecule has 1 rings (SSSR count). The van der Waals surface area contributed by atoms with Gasteiger partial charge in [0, 0.05) is 12.2 Å². The molecule has 0 saturated heterocycles. The first-order valence-electron chi connectivity index (χ1n) is 6.41. The Hall–Kier alpha value is -1.95. The Morgan fingerprint density at radius 3 is 2.55 bits per heavy atom. The quantitative estimate of drug-likeness (QED) is 0.773. The van der Waals surface area contributed by atoms with E-state index in [0.717, 1.165) is 0 Å². The molecule has 0 fully saturated rings. The Bertz CT molecular complexity index is 448. The molecule has 0 radical (unpaired) electrons. The van der Waals surface area contributed by atoms with Gasteiger partial charge in [-0.25, -0.2) is 4.39 Å². The zero-order chi connectivity index (χ0) is 15.0. The van der Waals surface area contributed by atoms with Gasteiger partial charge in [0.1, 0.15) is 5.82 Å². The third-order valence-corrected chi connectivity index (χ3v) is 2.54. The highest BCUT2D eigenvalue weighted by Gasteiger charge is 2.09. The third-order valence-electron chi connectivity index (χ3n) is 2.54. The summed E-state index contributed by atoms with van der Waals surface area (Å²) in [7, 11) is 1.74. The van der Waals surface area contributed by atoms with Gasteiger partial charge in [0.05, 0.1) is 19.6 Å². The number of carbonyl (C=O) groups is 2. The van der Waals surface area contributed by atoms with Crippen LogP contribution in [-0.4, -0.2) is 43.5 Å². The molecule has 1 amide bonds. The van der Waals surface area contributed by atoms with Gasteiger partial charge in [0.15, 0.2) is 0 Å². The summed E-state index contributed by atoms with van der Waals surface area (Å²) in [6, 6.07) is 5.54. The second-order valence-corrected chi connectivity index (χ2v) is 4.35. The maximum atomic E-state index is 12.7. The SMILES string of the molecule is CCOC(=O)CCN(C)CC(=O)Nc1ccc(F)cc1. The molecule has 0 atom stereocenters. The zero-order valence-electron chi connectivity index (χ0n) is 11.7. The first-order chi connectivity index (χ1) is 9.51. The van der Waals surface area contributed by atoms with Crippen LogP contribution in [0.2, 0.25) is 0 Å². The number of hydrogen-bond donors (Lipinski definition) is 1. The molecule has 6 heteroatoms. The number of hydrogen-bond acceptors (Lipinski definition) is 4. The smallest absolute Gasteiger partial charge is 0.307 e. The second-order valence-electron chi connectivity index (χ2n) is 4.35. The van der Waals surface area contributed by atoms with Gasteiger partial charge in [-0.05, 0) is 38.2 Å². The Kier molecular flexibility index (Phi) is 6.66. The van der Waals surface area contributed by atoms with E-state index in [1.165, 1.54) is 24.3 Å². The number of carbonyl (C=O) groups excluding carboxylic acids is 2. The predicted octanol–water partition coefficient (Wildman–Crippen LogP) is 1.65. The largest absolute Gasteiger partial charge is 0.466 e. The van der Waals surface area contributed by atoms with Gasteiger partial charge >= 0.3 is 5.97 Å². The minimum atomic E-state index is -0.352. The fourth-order valence-electron chi connectivity index (χ4n) is 1.57. The topological polar surface area (TPSA) is 58.6 Å². The van der Waals surface area contributed by atoms with Gasteiger partial charge in [0.2, 0.25) is 5.91 Å². The van der Waals surface area contributed by atoms with Gasteiger partial charge in [-0.15, -0.1) is 0 Å². The van der Waals surface area contributed by atoms with Crippen molar-refractivity contribution >= 4 is 17.6 Å². The molecule has 0 spiro atoms. The lowest BCUT2D eigenvalue weighted by molar-refractivity contribution is -0.143. The van der Waals surface area contributed by atoms with Crippen LogP contribution in [0.25, 0.3) is 0 Å². The Morgan fingerprint density at radius 2 is 1.95 bits per heavy atom. The van der Waals surface area contributed by atoms with E-state index < -0.39 is 0 Å². The van der Waals surface area contributed by atoms with Gasteiger partial charge in [-0.3, -0.25) is 14.5 Å². The van der Waals surface area contributed by atoms with Crippen molar-refractivity contribution in [3.8, 4) is 0 Å². The molecule has 20 heavy (non-hydrogen) atoms. The summed E-state index contributed by atoms with van der Waals surface area (Å²) in [6.07, 6.45) is 0.244. The molecule has 5 nitrogen and oxygen atoms in total. The van der Waals surface area contributed by atoms with Crippen molar-refractivity contribution in [1.29, 1.82) is 0 Å². The summed E-state index contributed by atoms with van der Waals surface area (Å²) in [6.45, 7) is 2.69. The molecule has 0 aliphatic rings. The second kappa shape index (κ2) is 8.27. The molecule has 1 aromatic rings. The van der Waals surface area contributed by atoms with Crippen LogP contribution in [0.4, 0.5) is 10.1 Å². The Balaban J connectivity index is 2.30. The number of rotatable bonds is 7. The summed E-state index contributed by atoms with van der Waals surface area (Å²) in [5.74, 6) is -0.851. The molecule has 1 N–H and O–H groups in total. The fraction of sp³-hybridized carbons (Fsp3) is 0.429. The maximum Gasteiger partial charge on any atom is 0.307 e. The minimum absolute atomic E-state index is 0.150. The lowest BCUT2D eigenvalue weighted by Crippen LogP contribution is -2.32. The molecular weight excluding hydrogens is 263 g/mol. The molecule has 1 aromatic carbocycles. The van der Waals surface area contributed by atoms with Crippen molar-refractivity contribution in [3.05, 3.63) is 30.1 Å². The van der Waals surface area contributed by atoms with Crippen LogP contribution in [-0.2, 0) is 14.3 Å². The average molecular weight is 282 g/mol. The number of benzene rings is 1. The van der Waals surface area contributed by atoms with E-state index in [4.69, 9.17) is 4.74 Å². The summed E-state index contributed by atoms with van der Waals surface area (Å²) >= 11 is 0. The molecule has 0 aromatic heterocycles.